The van der Waals surface area contributed by atoms with Gasteiger partial charge in [-0.1, -0.05) is 6.07 Å². The highest BCUT2D eigenvalue weighted by molar-refractivity contribution is 7.89. The fourth-order valence-corrected chi connectivity index (χ4v) is 6.23. The van der Waals surface area contributed by atoms with E-state index in [0.717, 1.165) is 26.0 Å². The van der Waals surface area contributed by atoms with Gasteiger partial charge in [-0.25, -0.2) is 18.1 Å². The second-order valence-electron chi connectivity index (χ2n) is 6.16. The van der Waals surface area contributed by atoms with Gasteiger partial charge in [-0.2, -0.15) is 0 Å². The number of nitrogens with zero attached hydrogens (tertiary/aromatic N) is 1. The maximum absolute atomic E-state index is 12.8. The monoisotopic (exact) mass is 438 g/mol. The Labute approximate surface area is 173 Å². The van der Waals surface area contributed by atoms with Gasteiger partial charge in [0.05, 0.1) is 24.0 Å². The van der Waals surface area contributed by atoms with Crippen molar-refractivity contribution in [2.24, 2.45) is 0 Å². The van der Waals surface area contributed by atoms with Crippen LogP contribution in [0.25, 0.3) is 9.88 Å². The molecule has 3 aromatic rings. The van der Waals surface area contributed by atoms with Crippen LogP contribution in [0.1, 0.15) is 16.1 Å². The van der Waals surface area contributed by atoms with Crippen LogP contribution in [0.4, 0.5) is 0 Å². The lowest BCUT2D eigenvalue weighted by atomic mass is 10.1. The van der Waals surface area contributed by atoms with Gasteiger partial charge in [0.15, 0.2) is 11.5 Å². The van der Waals surface area contributed by atoms with Crippen LogP contribution in [-0.2, 0) is 16.4 Å². The van der Waals surface area contributed by atoms with E-state index in [2.05, 4.69) is 9.71 Å². The SMILES string of the molecule is COc1ccc(CCNS(=O)(=O)c2cc(-c3nc(C)cs3)sc2C)cc1OC. The van der Waals surface area contributed by atoms with E-state index in [-0.39, 0.29) is 0 Å². The third kappa shape index (κ3) is 4.54. The Morgan fingerprint density at radius 3 is 2.50 bits per heavy atom. The largest absolute Gasteiger partial charge is 0.493 e. The van der Waals surface area contributed by atoms with Crippen LogP contribution < -0.4 is 14.2 Å². The molecular formula is C19H22N2O4S3. The first-order valence-corrected chi connectivity index (χ1v) is 11.8. The zero-order valence-electron chi connectivity index (χ0n) is 16.1. The van der Waals surface area contributed by atoms with Crippen molar-refractivity contribution in [2.75, 3.05) is 20.8 Å². The van der Waals surface area contributed by atoms with E-state index >= 15 is 0 Å². The summed E-state index contributed by atoms with van der Waals surface area (Å²) in [5.41, 5.74) is 1.89. The average molecular weight is 439 g/mol. The number of rotatable bonds is 8. The minimum Gasteiger partial charge on any atom is -0.493 e. The first-order chi connectivity index (χ1) is 13.3. The van der Waals surface area contributed by atoms with Crippen molar-refractivity contribution in [2.45, 2.75) is 25.2 Å². The molecule has 1 aromatic carbocycles. The molecule has 28 heavy (non-hydrogen) atoms. The molecule has 0 aliphatic carbocycles. The summed E-state index contributed by atoms with van der Waals surface area (Å²) in [6.07, 6.45) is 0.543. The highest BCUT2D eigenvalue weighted by Crippen LogP contribution is 2.35. The van der Waals surface area contributed by atoms with Crippen LogP contribution in [0, 0.1) is 13.8 Å². The number of thiazole rings is 1. The molecule has 0 amide bonds. The number of aryl methyl sites for hydroxylation is 2. The summed E-state index contributed by atoms with van der Waals surface area (Å²) in [4.78, 5) is 6.38. The Kier molecular flexibility index (Phi) is 6.39. The quantitative estimate of drug-likeness (QED) is 0.575. The number of aromatic nitrogens is 1. The number of thiophene rings is 1. The number of hydrogen-bond acceptors (Lipinski definition) is 7. The van der Waals surface area contributed by atoms with E-state index in [0.29, 0.717) is 29.4 Å². The summed E-state index contributed by atoms with van der Waals surface area (Å²) in [7, 11) is -0.435. The molecule has 0 saturated carbocycles. The predicted molar refractivity (Wildman–Crippen MR) is 113 cm³/mol. The van der Waals surface area contributed by atoms with Gasteiger partial charge in [0.1, 0.15) is 5.01 Å². The number of benzene rings is 1. The highest BCUT2D eigenvalue weighted by atomic mass is 32.2. The maximum atomic E-state index is 12.8. The molecule has 6 nitrogen and oxygen atoms in total. The standard InChI is InChI=1S/C19H22N2O4S3/c1-12-11-26-19(21-12)17-10-18(13(2)27-17)28(22,23)20-8-7-14-5-6-15(24-3)16(9-14)25-4/h5-6,9-11,20H,7-8H2,1-4H3. The van der Waals surface area contributed by atoms with E-state index in [1.807, 2.05) is 37.4 Å². The van der Waals surface area contributed by atoms with Crippen LogP contribution >= 0.6 is 22.7 Å². The van der Waals surface area contributed by atoms with Crippen LogP contribution in [0.3, 0.4) is 0 Å². The third-order valence-corrected chi connectivity index (χ3v) is 8.04. The lowest BCUT2D eigenvalue weighted by molar-refractivity contribution is 0.354. The van der Waals surface area contributed by atoms with Gasteiger partial charge in [-0.3, -0.25) is 0 Å². The molecule has 150 valence electrons. The van der Waals surface area contributed by atoms with E-state index in [1.54, 1.807) is 20.3 Å². The Hall–Kier alpha value is -1.94. The molecule has 0 atom stereocenters. The van der Waals surface area contributed by atoms with Crippen LogP contribution in [0.5, 0.6) is 11.5 Å². The first kappa shape index (κ1) is 20.8. The summed E-state index contributed by atoms with van der Waals surface area (Å²) < 4.78 is 38.7. The molecule has 9 heteroatoms. The molecule has 0 aliphatic rings. The van der Waals surface area contributed by atoms with Crippen LogP contribution in [0.2, 0.25) is 0 Å². The molecule has 1 N–H and O–H groups in total. The number of nitrogens with one attached hydrogen (secondary N) is 1. The topological polar surface area (TPSA) is 77.5 Å². The van der Waals surface area contributed by atoms with Crippen molar-refractivity contribution in [1.82, 2.24) is 9.71 Å². The first-order valence-electron chi connectivity index (χ1n) is 8.57. The average Bonchev–Trinajstić information content (AvgIpc) is 3.27. The Bertz CT molecular complexity index is 1070. The van der Waals surface area contributed by atoms with Crippen molar-refractivity contribution in [1.29, 1.82) is 0 Å². The van der Waals surface area contributed by atoms with Gasteiger partial charge in [0, 0.05) is 22.5 Å². The Morgan fingerprint density at radius 1 is 1.11 bits per heavy atom. The van der Waals surface area contributed by atoms with E-state index < -0.39 is 10.0 Å². The van der Waals surface area contributed by atoms with Crippen molar-refractivity contribution in [3.8, 4) is 21.4 Å². The molecule has 3 rings (SSSR count). The summed E-state index contributed by atoms with van der Waals surface area (Å²) in [6.45, 7) is 4.03. The van der Waals surface area contributed by atoms with Crippen molar-refractivity contribution in [3.63, 3.8) is 0 Å². The summed E-state index contributed by atoms with van der Waals surface area (Å²) in [5.74, 6) is 1.27. The van der Waals surface area contributed by atoms with Crippen LogP contribution in [-0.4, -0.2) is 34.2 Å². The molecule has 0 fully saturated rings. The van der Waals surface area contributed by atoms with Gasteiger partial charge in [0.25, 0.3) is 0 Å². The van der Waals surface area contributed by atoms with Gasteiger partial charge >= 0.3 is 0 Å². The summed E-state index contributed by atoms with van der Waals surface area (Å²) in [6, 6.07) is 7.27. The maximum Gasteiger partial charge on any atom is 0.241 e. The predicted octanol–water partition coefficient (Wildman–Crippen LogP) is 4.03. The van der Waals surface area contributed by atoms with Crippen LogP contribution in [0.15, 0.2) is 34.5 Å². The van der Waals surface area contributed by atoms with Crippen molar-refractivity contribution < 1.29 is 17.9 Å². The van der Waals surface area contributed by atoms with Crippen molar-refractivity contribution in [3.05, 3.63) is 45.8 Å². The normalized spacial score (nSPS) is 11.6. The van der Waals surface area contributed by atoms with Gasteiger partial charge in [-0.05, 0) is 44.0 Å². The third-order valence-electron chi connectivity index (χ3n) is 4.15. The zero-order chi connectivity index (χ0) is 20.3. The summed E-state index contributed by atoms with van der Waals surface area (Å²) >= 11 is 2.96. The number of sulfonamides is 1. The molecule has 0 radical (unpaired) electrons. The molecular weight excluding hydrogens is 416 g/mol. The molecule has 0 aliphatic heterocycles. The Balaban J connectivity index is 1.70. The van der Waals surface area contributed by atoms with Gasteiger partial charge < -0.3 is 9.47 Å². The molecule has 0 unspecified atom stereocenters. The molecule has 0 spiro atoms. The minimum atomic E-state index is -3.59. The molecule has 0 saturated heterocycles. The second kappa shape index (κ2) is 8.60. The van der Waals surface area contributed by atoms with E-state index in [9.17, 15) is 8.42 Å². The molecule has 2 heterocycles. The van der Waals surface area contributed by atoms with Crippen molar-refractivity contribution >= 4 is 32.7 Å². The minimum absolute atomic E-state index is 0.290. The van der Waals surface area contributed by atoms with E-state index in [1.165, 1.54) is 22.7 Å². The highest BCUT2D eigenvalue weighted by Gasteiger charge is 2.21. The smallest absolute Gasteiger partial charge is 0.241 e. The van der Waals surface area contributed by atoms with Gasteiger partial charge in [0.2, 0.25) is 10.0 Å². The lowest BCUT2D eigenvalue weighted by Gasteiger charge is -2.10. The fourth-order valence-electron chi connectivity index (χ4n) is 2.75. The second-order valence-corrected chi connectivity index (χ2v) is 10.0. The molecule has 2 aromatic heterocycles. The zero-order valence-corrected chi connectivity index (χ0v) is 18.6. The summed E-state index contributed by atoms with van der Waals surface area (Å²) in [5, 5.41) is 2.80. The van der Waals surface area contributed by atoms with Gasteiger partial charge in [-0.15, -0.1) is 22.7 Å². The fraction of sp³-hybridized carbons (Fsp3) is 0.316. The lowest BCUT2D eigenvalue weighted by Crippen LogP contribution is -2.26. The number of methoxy groups -OCH3 is 2. The Morgan fingerprint density at radius 2 is 1.86 bits per heavy atom. The number of hydrogen-bond donors (Lipinski definition) is 1. The molecule has 0 bridgehead atoms. The van der Waals surface area contributed by atoms with E-state index in [4.69, 9.17) is 9.47 Å². The number of ether oxygens (including phenoxy) is 2.